The minimum absolute atomic E-state index is 0. The first-order valence-corrected chi connectivity index (χ1v) is 6.06. The average molecular weight is 282 g/mol. The number of alkyl halides is 1. The van der Waals surface area contributed by atoms with Crippen molar-refractivity contribution in [1.29, 1.82) is 0 Å². The van der Waals surface area contributed by atoms with E-state index in [1.807, 2.05) is 13.0 Å². The summed E-state index contributed by atoms with van der Waals surface area (Å²) in [6.45, 7) is 3.81. The molecule has 1 rings (SSSR count). The second-order valence-electron chi connectivity index (χ2n) is 3.34. The number of ether oxygens (including phenoxy) is 1. The number of hydrogen-bond acceptors (Lipinski definition) is 4. The van der Waals surface area contributed by atoms with E-state index >= 15 is 0 Å². The Hall–Kier alpha value is -0.650. The number of thiophene rings is 1. The van der Waals surface area contributed by atoms with E-state index in [1.54, 1.807) is 13.0 Å². The number of carbonyl (C=O) groups is 1. The van der Waals surface area contributed by atoms with E-state index in [4.69, 9.17) is 5.73 Å². The highest BCUT2D eigenvalue weighted by molar-refractivity contribution is 7.12. The molecule has 0 amide bonds. The van der Waals surface area contributed by atoms with Gasteiger partial charge < -0.3 is 10.5 Å². The van der Waals surface area contributed by atoms with E-state index in [0.717, 1.165) is 11.3 Å². The van der Waals surface area contributed by atoms with Crippen LogP contribution in [0.2, 0.25) is 0 Å². The fourth-order valence-electron chi connectivity index (χ4n) is 1.28. The molecule has 17 heavy (non-hydrogen) atoms. The van der Waals surface area contributed by atoms with Gasteiger partial charge in [-0.2, -0.15) is 0 Å². The number of aryl methyl sites for hydroxylation is 1. The van der Waals surface area contributed by atoms with Crippen LogP contribution in [0.25, 0.3) is 0 Å². The molecule has 0 aromatic carbocycles. The van der Waals surface area contributed by atoms with Crippen LogP contribution in [0.3, 0.4) is 0 Å². The maximum absolute atomic E-state index is 13.6. The summed E-state index contributed by atoms with van der Waals surface area (Å²) >= 11 is 1.43. The first-order valence-electron chi connectivity index (χ1n) is 5.25. The number of hydrogen-bond donors (Lipinski definition) is 1. The standard InChI is InChI=1S/C11H16FNO2S.ClH/c1-3-7-5-6-8(16-7)10(13)9(12)11(14)15-4-2;/h5-6,9-10H,3-4,13H2,1-2H3;1H/t9?,10-;/m1./s1. The smallest absolute Gasteiger partial charge is 0.342 e. The number of carbonyl (C=O) groups excluding carboxylic acids is 1. The topological polar surface area (TPSA) is 52.3 Å². The molecule has 0 saturated carbocycles. The number of nitrogens with two attached hydrogens (primary N) is 1. The third-order valence-corrected chi connectivity index (χ3v) is 3.52. The molecule has 0 bridgehead atoms. The van der Waals surface area contributed by atoms with Gasteiger partial charge in [0.2, 0.25) is 6.17 Å². The second-order valence-corrected chi connectivity index (χ2v) is 4.54. The molecule has 1 aromatic heterocycles. The van der Waals surface area contributed by atoms with E-state index < -0.39 is 18.2 Å². The maximum atomic E-state index is 13.6. The zero-order valence-corrected chi connectivity index (χ0v) is 11.4. The monoisotopic (exact) mass is 281 g/mol. The van der Waals surface area contributed by atoms with Crippen molar-refractivity contribution in [3.63, 3.8) is 0 Å². The largest absolute Gasteiger partial charge is 0.464 e. The molecule has 3 nitrogen and oxygen atoms in total. The molecule has 0 spiro atoms. The highest BCUT2D eigenvalue weighted by Crippen LogP contribution is 2.26. The molecule has 2 atom stereocenters. The lowest BCUT2D eigenvalue weighted by Gasteiger charge is -2.13. The molecular formula is C11H17ClFNO2S. The lowest BCUT2D eigenvalue weighted by Crippen LogP contribution is -2.30. The van der Waals surface area contributed by atoms with Crippen LogP contribution in [0, 0.1) is 0 Å². The molecule has 6 heteroatoms. The summed E-state index contributed by atoms with van der Waals surface area (Å²) < 4.78 is 18.2. The number of rotatable bonds is 5. The number of halogens is 2. The van der Waals surface area contributed by atoms with Crippen LogP contribution in [0.5, 0.6) is 0 Å². The third-order valence-electron chi connectivity index (χ3n) is 2.19. The summed E-state index contributed by atoms with van der Waals surface area (Å²) in [5.74, 6) is -0.888. The van der Waals surface area contributed by atoms with Gasteiger partial charge in [0.25, 0.3) is 0 Å². The van der Waals surface area contributed by atoms with Crippen LogP contribution < -0.4 is 5.73 Å². The zero-order chi connectivity index (χ0) is 12.1. The summed E-state index contributed by atoms with van der Waals surface area (Å²) in [5.41, 5.74) is 5.67. The minimum atomic E-state index is -1.79. The first-order chi connectivity index (χ1) is 7.60. The van der Waals surface area contributed by atoms with E-state index in [2.05, 4.69) is 4.74 Å². The first kappa shape index (κ1) is 16.4. The van der Waals surface area contributed by atoms with Crippen LogP contribution in [-0.4, -0.2) is 18.7 Å². The maximum Gasteiger partial charge on any atom is 0.342 e. The Bertz CT molecular complexity index is 359. The molecule has 0 saturated heterocycles. The average Bonchev–Trinajstić information content (AvgIpc) is 2.75. The van der Waals surface area contributed by atoms with Gasteiger partial charge >= 0.3 is 5.97 Å². The predicted octanol–water partition coefficient (Wildman–Crippen LogP) is 2.63. The molecule has 0 fully saturated rings. The number of esters is 1. The summed E-state index contributed by atoms with van der Waals surface area (Å²) in [6, 6.07) is 2.74. The van der Waals surface area contributed by atoms with E-state index in [-0.39, 0.29) is 19.0 Å². The summed E-state index contributed by atoms with van der Waals surface area (Å²) in [7, 11) is 0. The molecule has 0 radical (unpaired) electrons. The molecule has 1 aromatic rings. The third kappa shape index (κ3) is 4.26. The Morgan fingerprint density at radius 2 is 2.18 bits per heavy atom. The van der Waals surface area contributed by atoms with Crippen LogP contribution in [0.4, 0.5) is 4.39 Å². The molecule has 1 unspecified atom stereocenters. The fourth-order valence-corrected chi connectivity index (χ4v) is 2.25. The van der Waals surface area contributed by atoms with Crippen molar-refractivity contribution in [2.75, 3.05) is 6.61 Å². The predicted molar refractivity (Wildman–Crippen MR) is 69.4 cm³/mol. The van der Waals surface area contributed by atoms with E-state index in [1.165, 1.54) is 11.3 Å². The Kier molecular flexibility index (Phi) is 7.34. The highest BCUT2D eigenvalue weighted by Gasteiger charge is 2.28. The van der Waals surface area contributed by atoms with Gasteiger partial charge in [-0.1, -0.05) is 6.92 Å². The minimum Gasteiger partial charge on any atom is -0.464 e. The SMILES string of the molecule is CCOC(=O)C(F)[C@H](N)c1ccc(CC)s1.Cl. The summed E-state index contributed by atoms with van der Waals surface area (Å²) in [5, 5.41) is 0. The van der Waals surface area contributed by atoms with Crippen LogP contribution in [0.15, 0.2) is 12.1 Å². The Labute approximate surface area is 111 Å². The van der Waals surface area contributed by atoms with Gasteiger partial charge in [-0.15, -0.1) is 23.7 Å². The summed E-state index contributed by atoms with van der Waals surface area (Å²) in [6.07, 6.45) is -0.906. The van der Waals surface area contributed by atoms with Crippen LogP contribution in [-0.2, 0) is 16.0 Å². The Balaban J connectivity index is 0.00000256. The molecular weight excluding hydrogens is 265 g/mol. The Morgan fingerprint density at radius 1 is 1.53 bits per heavy atom. The van der Waals surface area contributed by atoms with Crippen LogP contribution >= 0.6 is 23.7 Å². The summed E-state index contributed by atoms with van der Waals surface area (Å²) in [4.78, 5) is 13.0. The van der Waals surface area contributed by atoms with Crippen molar-refractivity contribution in [1.82, 2.24) is 0 Å². The normalized spacial score (nSPS) is 13.6. The van der Waals surface area contributed by atoms with Gasteiger partial charge in [-0.05, 0) is 25.5 Å². The second kappa shape index (κ2) is 7.63. The zero-order valence-electron chi connectivity index (χ0n) is 9.81. The Morgan fingerprint density at radius 3 is 2.65 bits per heavy atom. The van der Waals surface area contributed by atoms with Gasteiger partial charge in [-0.25, -0.2) is 9.18 Å². The van der Waals surface area contributed by atoms with Gasteiger partial charge in [0.1, 0.15) is 0 Å². The molecule has 98 valence electrons. The molecule has 0 aliphatic heterocycles. The van der Waals surface area contributed by atoms with Gasteiger partial charge in [0.05, 0.1) is 12.6 Å². The molecule has 2 N–H and O–H groups in total. The molecule has 0 aliphatic rings. The van der Waals surface area contributed by atoms with Crippen molar-refractivity contribution in [3.8, 4) is 0 Å². The molecule has 1 heterocycles. The molecule has 0 aliphatic carbocycles. The fraction of sp³-hybridized carbons (Fsp3) is 0.545. The van der Waals surface area contributed by atoms with E-state index in [0.29, 0.717) is 4.88 Å². The van der Waals surface area contributed by atoms with Gasteiger partial charge in [0, 0.05) is 9.75 Å². The van der Waals surface area contributed by atoms with Crippen molar-refractivity contribution >= 4 is 29.7 Å². The van der Waals surface area contributed by atoms with Crippen molar-refractivity contribution in [2.24, 2.45) is 5.73 Å². The van der Waals surface area contributed by atoms with E-state index in [9.17, 15) is 9.18 Å². The van der Waals surface area contributed by atoms with Crippen LogP contribution in [0.1, 0.15) is 29.6 Å². The van der Waals surface area contributed by atoms with Gasteiger partial charge in [-0.3, -0.25) is 0 Å². The lowest BCUT2D eigenvalue weighted by atomic mass is 10.1. The van der Waals surface area contributed by atoms with Crippen molar-refractivity contribution < 1.29 is 13.9 Å². The highest BCUT2D eigenvalue weighted by atomic mass is 35.5. The lowest BCUT2D eigenvalue weighted by molar-refractivity contribution is -0.149. The quantitative estimate of drug-likeness (QED) is 0.844. The van der Waals surface area contributed by atoms with Gasteiger partial charge in [0.15, 0.2) is 0 Å². The van der Waals surface area contributed by atoms with Crippen molar-refractivity contribution in [2.45, 2.75) is 32.5 Å². The van der Waals surface area contributed by atoms with Crippen molar-refractivity contribution in [3.05, 3.63) is 21.9 Å².